The summed E-state index contributed by atoms with van der Waals surface area (Å²) in [6.07, 6.45) is 0.788. The molecular formula is C34H49F2N3O7S. The highest BCUT2D eigenvalue weighted by Crippen LogP contribution is 2.19. The summed E-state index contributed by atoms with van der Waals surface area (Å²) in [5, 5.41) is 4.94. The lowest BCUT2D eigenvalue weighted by molar-refractivity contribution is -0.151. The maximum atomic E-state index is 14.0. The van der Waals surface area contributed by atoms with Crippen LogP contribution in [0, 0.1) is 11.6 Å². The predicted octanol–water partition coefficient (Wildman–Crippen LogP) is 4.37. The minimum Gasteiger partial charge on any atom is -0.458 e. The summed E-state index contributed by atoms with van der Waals surface area (Å²) in [7, 11) is -3.86. The molecule has 0 aromatic heterocycles. The number of aryl methyl sites for hydroxylation is 1. The van der Waals surface area contributed by atoms with Crippen LogP contribution in [0.3, 0.4) is 0 Å². The molecule has 1 aliphatic rings. The first-order chi connectivity index (χ1) is 22.4. The van der Waals surface area contributed by atoms with Crippen molar-refractivity contribution in [3.63, 3.8) is 0 Å². The van der Waals surface area contributed by atoms with Crippen molar-refractivity contribution >= 4 is 21.9 Å². The Bertz CT molecular complexity index is 1380. The lowest BCUT2D eigenvalue weighted by Crippen LogP contribution is -2.52. The molecule has 2 aromatic rings. The number of carbonyl (C=O) groups excluding carboxylic acids is 2. The van der Waals surface area contributed by atoms with Gasteiger partial charge in [0.1, 0.15) is 29.9 Å². The van der Waals surface area contributed by atoms with Crippen molar-refractivity contribution in [3.8, 4) is 0 Å². The molecule has 1 fully saturated rings. The molecule has 10 nitrogen and oxygen atoms in total. The van der Waals surface area contributed by atoms with Crippen LogP contribution in [0.1, 0.15) is 69.6 Å². The van der Waals surface area contributed by atoms with Crippen molar-refractivity contribution in [1.29, 1.82) is 0 Å². The Labute approximate surface area is 277 Å². The van der Waals surface area contributed by atoms with Crippen LogP contribution in [0.2, 0.25) is 0 Å². The zero-order valence-electron chi connectivity index (χ0n) is 27.5. The molecule has 4 atom stereocenters. The average Bonchev–Trinajstić information content (AvgIpc) is 3.52. The van der Waals surface area contributed by atoms with Gasteiger partial charge in [-0.15, -0.1) is 0 Å². The number of hydrogen-bond acceptors (Lipinski definition) is 9. The summed E-state index contributed by atoms with van der Waals surface area (Å²) >= 11 is 0. The van der Waals surface area contributed by atoms with Crippen molar-refractivity contribution in [3.05, 3.63) is 70.8 Å². The number of nitrogens with one attached hydrogen (secondary N) is 2. The third kappa shape index (κ3) is 12.8. The normalized spacial score (nSPS) is 16.9. The van der Waals surface area contributed by atoms with Gasteiger partial charge in [0.2, 0.25) is 0 Å². The van der Waals surface area contributed by atoms with Crippen molar-refractivity contribution in [2.24, 2.45) is 5.73 Å². The van der Waals surface area contributed by atoms with E-state index in [0.717, 1.165) is 35.7 Å². The van der Waals surface area contributed by atoms with Gasteiger partial charge < -0.3 is 30.6 Å². The number of amides is 1. The Morgan fingerprint density at radius 1 is 1.02 bits per heavy atom. The summed E-state index contributed by atoms with van der Waals surface area (Å²) in [6, 6.07) is 8.44. The zero-order valence-corrected chi connectivity index (χ0v) is 28.3. The van der Waals surface area contributed by atoms with Gasteiger partial charge in [-0.3, -0.25) is 0 Å². The Morgan fingerprint density at radius 3 is 2.32 bits per heavy atom. The van der Waals surface area contributed by atoms with E-state index in [1.807, 2.05) is 45.0 Å². The van der Waals surface area contributed by atoms with Gasteiger partial charge in [0, 0.05) is 31.6 Å². The Kier molecular flexibility index (Phi) is 15.5. The second-order valence-corrected chi connectivity index (χ2v) is 14.4. The number of halogens is 2. The largest absolute Gasteiger partial charge is 0.458 e. The van der Waals surface area contributed by atoms with Crippen LogP contribution in [0.4, 0.5) is 13.6 Å². The second kappa shape index (κ2) is 19.0. The van der Waals surface area contributed by atoms with E-state index in [0.29, 0.717) is 45.3 Å². The highest BCUT2D eigenvalue weighted by molar-refractivity contribution is 7.92. The van der Waals surface area contributed by atoms with Gasteiger partial charge in [-0.2, -0.15) is 0 Å². The fourth-order valence-electron chi connectivity index (χ4n) is 5.58. The zero-order chi connectivity index (χ0) is 34.4. The number of hydrogen-bond donors (Lipinski definition) is 3. The van der Waals surface area contributed by atoms with Gasteiger partial charge in [0.25, 0.3) is 0 Å². The van der Waals surface area contributed by atoms with Crippen molar-refractivity contribution < 1.29 is 41.0 Å². The van der Waals surface area contributed by atoms with Gasteiger partial charge in [-0.05, 0) is 54.5 Å². The van der Waals surface area contributed by atoms with Gasteiger partial charge in [0.05, 0.1) is 24.2 Å². The number of ether oxygens (including phenoxy) is 3. The van der Waals surface area contributed by atoms with Crippen molar-refractivity contribution in [2.75, 3.05) is 25.5 Å². The van der Waals surface area contributed by atoms with E-state index in [9.17, 15) is 26.8 Å². The first kappa shape index (κ1) is 38.3. The summed E-state index contributed by atoms with van der Waals surface area (Å²) in [5.41, 5.74) is 8.87. The summed E-state index contributed by atoms with van der Waals surface area (Å²) in [6.45, 7) is 6.86. The first-order valence-corrected chi connectivity index (χ1v) is 18.1. The Balaban J connectivity index is 1.84. The van der Waals surface area contributed by atoms with E-state index in [4.69, 9.17) is 19.9 Å². The molecule has 262 valence electrons. The molecule has 0 unspecified atom stereocenters. The van der Waals surface area contributed by atoms with Crippen LogP contribution >= 0.6 is 0 Å². The van der Waals surface area contributed by atoms with E-state index < -0.39 is 68.8 Å². The fourth-order valence-corrected chi connectivity index (χ4v) is 7.73. The summed E-state index contributed by atoms with van der Waals surface area (Å²) in [5.74, 6) is -3.25. The van der Waals surface area contributed by atoms with E-state index >= 15 is 0 Å². The molecule has 2 aromatic carbocycles. The first-order valence-electron chi connectivity index (χ1n) is 16.4. The molecule has 0 spiro atoms. The van der Waals surface area contributed by atoms with Crippen LogP contribution in [-0.2, 0) is 48.2 Å². The van der Waals surface area contributed by atoms with E-state index in [-0.39, 0.29) is 25.1 Å². The Hall–Kier alpha value is -3.13. The SMILES string of the molecule is CCCC(CCC)S(=O)(=O)C[C@H](NC(=O)O[C@@H]1CCOC1)C(=O)O[C@H](CNCc1cccc(CC)c1)[C@@H](N)Cc1cc(F)cc(F)c1. The molecule has 13 heteroatoms. The minimum atomic E-state index is -3.86. The second-order valence-electron chi connectivity index (χ2n) is 12.0. The van der Waals surface area contributed by atoms with Gasteiger partial charge in [-0.1, -0.05) is 57.9 Å². The maximum Gasteiger partial charge on any atom is 0.408 e. The number of benzene rings is 2. The fraction of sp³-hybridized carbons (Fsp3) is 0.588. The maximum absolute atomic E-state index is 14.0. The van der Waals surface area contributed by atoms with E-state index in [1.165, 1.54) is 0 Å². The highest BCUT2D eigenvalue weighted by atomic mass is 32.2. The third-order valence-corrected chi connectivity index (χ3v) is 10.4. The standard InChI is InChI=1S/C34H49F2N3O7S/c1-4-8-29(9-5-2)47(42,43)22-31(39-34(41)45-28-12-13-44-21-28)33(40)46-32(20-38-19-24-11-7-10-23(6-3)14-24)30(37)17-25-15-26(35)18-27(36)16-25/h7,10-11,14-16,18,28-32,38H,4-6,8-9,12-13,17,19-22,37H2,1-3H3,(H,39,41)/t28-,30+,31+,32-/m1/s1. The van der Waals surface area contributed by atoms with E-state index in [1.54, 1.807) is 0 Å². The number of sulfone groups is 1. The van der Waals surface area contributed by atoms with Crippen LogP contribution in [0.5, 0.6) is 0 Å². The number of rotatable bonds is 19. The van der Waals surface area contributed by atoms with Gasteiger partial charge >= 0.3 is 12.1 Å². The van der Waals surface area contributed by atoms with Gasteiger partial charge in [0.15, 0.2) is 9.84 Å². The van der Waals surface area contributed by atoms with Crippen LogP contribution < -0.4 is 16.4 Å². The molecule has 1 amide bonds. The smallest absolute Gasteiger partial charge is 0.408 e. The monoisotopic (exact) mass is 681 g/mol. The van der Waals surface area contributed by atoms with Crippen molar-refractivity contribution in [2.45, 2.75) is 102 Å². The van der Waals surface area contributed by atoms with Crippen LogP contribution in [0.25, 0.3) is 0 Å². The molecule has 47 heavy (non-hydrogen) atoms. The molecule has 0 bridgehead atoms. The number of esters is 1. The quantitative estimate of drug-likeness (QED) is 0.184. The lowest BCUT2D eigenvalue weighted by atomic mass is 10.0. The molecule has 0 aliphatic carbocycles. The molecule has 1 saturated heterocycles. The highest BCUT2D eigenvalue weighted by Gasteiger charge is 2.36. The lowest BCUT2D eigenvalue weighted by Gasteiger charge is -2.28. The van der Waals surface area contributed by atoms with Gasteiger partial charge in [-0.25, -0.2) is 26.8 Å². The Morgan fingerprint density at radius 2 is 1.70 bits per heavy atom. The molecule has 1 aliphatic heterocycles. The molecule has 0 saturated carbocycles. The third-order valence-electron chi connectivity index (χ3n) is 8.08. The van der Waals surface area contributed by atoms with Crippen molar-refractivity contribution in [1.82, 2.24) is 10.6 Å². The number of alkyl carbamates (subject to hydrolysis) is 1. The molecular weight excluding hydrogens is 632 g/mol. The number of nitrogens with two attached hydrogens (primary N) is 1. The molecule has 3 rings (SSSR count). The van der Waals surface area contributed by atoms with Crippen LogP contribution in [-0.4, -0.2) is 75.5 Å². The average molecular weight is 682 g/mol. The molecule has 0 radical (unpaired) electrons. The predicted molar refractivity (Wildman–Crippen MR) is 175 cm³/mol. The minimum absolute atomic E-state index is 0.0404. The summed E-state index contributed by atoms with van der Waals surface area (Å²) < 4.78 is 71.4. The van der Waals surface area contributed by atoms with Crippen LogP contribution in [0.15, 0.2) is 42.5 Å². The molecule has 4 N–H and O–H groups in total. The number of carbonyl (C=O) groups is 2. The van der Waals surface area contributed by atoms with E-state index in [2.05, 4.69) is 10.6 Å². The summed E-state index contributed by atoms with van der Waals surface area (Å²) in [4.78, 5) is 26.6. The molecule has 1 heterocycles. The topological polar surface area (TPSA) is 146 Å².